The van der Waals surface area contributed by atoms with E-state index in [4.69, 9.17) is 10.5 Å². The zero-order chi connectivity index (χ0) is 11.5. The topological polar surface area (TPSA) is 72.6 Å². The van der Waals surface area contributed by atoms with Gasteiger partial charge in [-0.1, -0.05) is 6.92 Å². The SMILES string of the molecule is CCN(CCOC)C1CS(=O)(=O)CC1N. The number of hydrogen-bond acceptors (Lipinski definition) is 5. The Morgan fingerprint density at radius 3 is 2.53 bits per heavy atom. The Morgan fingerprint density at radius 2 is 2.13 bits per heavy atom. The first-order chi connectivity index (χ1) is 7.00. The second-order valence-corrected chi connectivity index (χ2v) is 6.08. The molecule has 1 aliphatic rings. The van der Waals surface area contributed by atoms with Gasteiger partial charge < -0.3 is 10.5 Å². The van der Waals surface area contributed by atoms with E-state index in [9.17, 15) is 8.42 Å². The molecule has 6 heteroatoms. The Balaban J connectivity index is 2.61. The minimum atomic E-state index is -2.93. The maximum atomic E-state index is 11.4. The van der Waals surface area contributed by atoms with Gasteiger partial charge >= 0.3 is 0 Å². The summed E-state index contributed by atoms with van der Waals surface area (Å²) in [7, 11) is -1.29. The number of sulfone groups is 1. The van der Waals surface area contributed by atoms with Crippen LogP contribution in [0.15, 0.2) is 0 Å². The minimum absolute atomic E-state index is 0.0462. The first-order valence-electron chi connectivity index (χ1n) is 5.19. The van der Waals surface area contributed by atoms with Crippen LogP contribution in [-0.4, -0.2) is 63.7 Å². The summed E-state index contributed by atoms with van der Waals surface area (Å²) in [6.07, 6.45) is 0. The molecule has 0 aromatic heterocycles. The van der Waals surface area contributed by atoms with Crippen LogP contribution in [0.3, 0.4) is 0 Å². The van der Waals surface area contributed by atoms with Crippen molar-refractivity contribution in [3.05, 3.63) is 0 Å². The van der Waals surface area contributed by atoms with Crippen LogP contribution < -0.4 is 5.73 Å². The highest BCUT2D eigenvalue weighted by Gasteiger charge is 2.38. The summed E-state index contributed by atoms with van der Waals surface area (Å²) >= 11 is 0. The number of rotatable bonds is 5. The van der Waals surface area contributed by atoms with Gasteiger partial charge in [-0.2, -0.15) is 0 Å². The van der Waals surface area contributed by atoms with E-state index in [0.29, 0.717) is 6.61 Å². The molecule has 5 nitrogen and oxygen atoms in total. The fourth-order valence-corrected chi connectivity index (χ4v) is 3.92. The predicted molar refractivity (Wildman–Crippen MR) is 59.5 cm³/mol. The molecule has 1 rings (SSSR count). The van der Waals surface area contributed by atoms with E-state index in [1.165, 1.54) is 0 Å². The molecule has 2 N–H and O–H groups in total. The summed E-state index contributed by atoms with van der Waals surface area (Å²) in [6.45, 7) is 4.16. The minimum Gasteiger partial charge on any atom is -0.383 e. The second kappa shape index (κ2) is 5.25. The first kappa shape index (κ1) is 12.9. The third-order valence-electron chi connectivity index (χ3n) is 2.82. The number of nitrogens with zero attached hydrogens (tertiary/aromatic N) is 1. The van der Waals surface area contributed by atoms with Crippen molar-refractivity contribution < 1.29 is 13.2 Å². The van der Waals surface area contributed by atoms with Gasteiger partial charge in [0.15, 0.2) is 9.84 Å². The quantitative estimate of drug-likeness (QED) is 0.668. The van der Waals surface area contributed by atoms with E-state index < -0.39 is 9.84 Å². The highest BCUT2D eigenvalue weighted by Crippen LogP contribution is 2.16. The Bertz CT molecular complexity index is 292. The van der Waals surface area contributed by atoms with Crippen molar-refractivity contribution in [3.63, 3.8) is 0 Å². The lowest BCUT2D eigenvalue weighted by Crippen LogP contribution is -2.48. The van der Waals surface area contributed by atoms with Gasteiger partial charge in [0.2, 0.25) is 0 Å². The van der Waals surface area contributed by atoms with Crippen LogP contribution in [0.4, 0.5) is 0 Å². The second-order valence-electron chi connectivity index (χ2n) is 3.93. The monoisotopic (exact) mass is 236 g/mol. The maximum absolute atomic E-state index is 11.4. The number of methoxy groups -OCH3 is 1. The van der Waals surface area contributed by atoms with Crippen LogP contribution in [0.25, 0.3) is 0 Å². The van der Waals surface area contributed by atoms with Gasteiger partial charge in [-0.3, -0.25) is 4.90 Å². The molecular formula is C9H20N2O3S. The smallest absolute Gasteiger partial charge is 0.153 e. The lowest BCUT2D eigenvalue weighted by Gasteiger charge is -2.28. The lowest BCUT2D eigenvalue weighted by molar-refractivity contribution is 0.125. The number of nitrogens with two attached hydrogens (primary N) is 1. The first-order valence-corrected chi connectivity index (χ1v) is 7.01. The molecule has 2 atom stereocenters. The average Bonchev–Trinajstić information content (AvgIpc) is 2.42. The lowest BCUT2D eigenvalue weighted by atomic mass is 10.1. The van der Waals surface area contributed by atoms with E-state index >= 15 is 0 Å². The van der Waals surface area contributed by atoms with Crippen LogP contribution in [-0.2, 0) is 14.6 Å². The fourth-order valence-electron chi connectivity index (χ4n) is 2.00. The molecule has 0 aromatic carbocycles. The van der Waals surface area contributed by atoms with Gasteiger partial charge in [0, 0.05) is 25.7 Å². The standard InChI is InChI=1S/C9H20N2O3S/c1-3-11(4-5-14-2)9-7-15(12,13)6-8(9)10/h8-9H,3-7,10H2,1-2H3. The molecule has 0 bridgehead atoms. The Kier molecular flexibility index (Phi) is 4.51. The van der Waals surface area contributed by atoms with E-state index in [1.54, 1.807) is 7.11 Å². The van der Waals surface area contributed by atoms with E-state index in [-0.39, 0.29) is 23.6 Å². The number of likely N-dealkylation sites (N-methyl/N-ethyl adjacent to an activating group) is 1. The summed E-state index contributed by atoms with van der Waals surface area (Å²) in [4.78, 5) is 2.08. The van der Waals surface area contributed by atoms with Crippen molar-refractivity contribution in [1.29, 1.82) is 0 Å². The van der Waals surface area contributed by atoms with Crippen molar-refractivity contribution in [1.82, 2.24) is 4.90 Å². The van der Waals surface area contributed by atoms with Gasteiger partial charge in [0.25, 0.3) is 0 Å². The zero-order valence-electron chi connectivity index (χ0n) is 9.35. The molecular weight excluding hydrogens is 216 g/mol. The van der Waals surface area contributed by atoms with E-state index in [1.807, 2.05) is 6.92 Å². The molecule has 1 fully saturated rings. The molecule has 0 aliphatic carbocycles. The molecule has 90 valence electrons. The van der Waals surface area contributed by atoms with Gasteiger partial charge in [-0.25, -0.2) is 8.42 Å². The largest absolute Gasteiger partial charge is 0.383 e. The summed E-state index contributed by atoms with van der Waals surface area (Å²) in [6, 6.07) is -0.304. The molecule has 1 heterocycles. The molecule has 0 aromatic rings. The molecule has 0 spiro atoms. The zero-order valence-corrected chi connectivity index (χ0v) is 10.2. The van der Waals surface area contributed by atoms with Gasteiger partial charge in [0.1, 0.15) is 0 Å². The fraction of sp³-hybridized carbons (Fsp3) is 1.00. The van der Waals surface area contributed by atoms with Crippen LogP contribution in [0.2, 0.25) is 0 Å². The van der Waals surface area contributed by atoms with Gasteiger partial charge in [-0.05, 0) is 6.54 Å². The van der Waals surface area contributed by atoms with Crippen LogP contribution in [0.5, 0.6) is 0 Å². The highest BCUT2D eigenvalue weighted by molar-refractivity contribution is 7.91. The van der Waals surface area contributed by atoms with Crippen molar-refractivity contribution in [2.75, 3.05) is 38.3 Å². The van der Waals surface area contributed by atoms with Crippen LogP contribution in [0.1, 0.15) is 6.92 Å². The molecule has 1 aliphatic heterocycles. The third-order valence-corrected chi connectivity index (χ3v) is 4.57. The average molecular weight is 236 g/mol. The molecule has 0 amide bonds. The molecule has 1 saturated heterocycles. The third kappa shape index (κ3) is 3.41. The molecule has 15 heavy (non-hydrogen) atoms. The normalized spacial score (nSPS) is 29.9. The summed E-state index contributed by atoms with van der Waals surface area (Å²) in [5.41, 5.74) is 5.84. The summed E-state index contributed by atoms with van der Waals surface area (Å²) in [5, 5.41) is 0. The number of hydrogen-bond donors (Lipinski definition) is 1. The summed E-state index contributed by atoms with van der Waals surface area (Å²) in [5.74, 6) is 0.298. The Labute approximate surface area is 91.5 Å². The van der Waals surface area contributed by atoms with Crippen LogP contribution >= 0.6 is 0 Å². The van der Waals surface area contributed by atoms with Crippen LogP contribution in [0, 0.1) is 0 Å². The predicted octanol–water partition coefficient (Wildman–Crippen LogP) is -0.921. The Morgan fingerprint density at radius 1 is 1.47 bits per heavy atom. The maximum Gasteiger partial charge on any atom is 0.153 e. The van der Waals surface area contributed by atoms with Gasteiger partial charge in [0.05, 0.1) is 18.1 Å². The highest BCUT2D eigenvalue weighted by atomic mass is 32.2. The number of ether oxygens (including phenoxy) is 1. The Hall–Kier alpha value is -0.170. The van der Waals surface area contributed by atoms with E-state index in [0.717, 1.165) is 13.1 Å². The van der Waals surface area contributed by atoms with Crippen molar-refractivity contribution in [2.24, 2.45) is 5.73 Å². The molecule has 0 radical (unpaired) electrons. The van der Waals surface area contributed by atoms with Crippen molar-refractivity contribution >= 4 is 9.84 Å². The summed E-state index contributed by atoms with van der Waals surface area (Å²) < 4.78 is 27.8. The van der Waals surface area contributed by atoms with Gasteiger partial charge in [-0.15, -0.1) is 0 Å². The van der Waals surface area contributed by atoms with E-state index in [2.05, 4.69) is 4.90 Å². The molecule has 0 saturated carbocycles. The van der Waals surface area contributed by atoms with Crippen molar-refractivity contribution in [3.8, 4) is 0 Å². The molecule has 2 unspecified atom stereocenters. The van der Waals surface area contributed by atoms with Crippen molar-refractivity contribution in [2.45, 2.75) is 19.0 Å².